The first-order valence-electron chi connectivity index (χ1n) is 35.3. The second kappa shape index (κ2) is 32.3. The van der Waals surface area contributed by atoms with Crippen molar-refractivity contribution in [1.29, 1.82) is 0 Å². The Labute approximate surface area is 631 Å². The molecule has 12 rings (SSSR count). The summed E-state index contributed by atoms with van der Waals surface area (Å²) >= 11 is 0. The minimum Gasteiger partial charge on any atom is -0.462 e. The van der Waals surface area contributed by atoms with Crippen molar-refractivity contribution in [3.8, 4) is 33.4 Å². The number of hydrogen-bond donors (Lipinski definition) is 0. The topological polar surface area (TPSA) is 255 Å². The molecule has 24 heteroatoms. The predicted molar refractivity (Wildman–Crippen MR) is 410 cm³/mol. The summed E-state index contributed by atoms with van der Waals surface area (Å²) in [6, 6.07) is 54.6. The molecule has 0 aromatic heterocycles. The lowest BCUT2D eigenvalue weighted by Crippen LogP contribution is -2.32. The van der Waals surface area contributed by atoms with Crippen molar-refractivity contribution < 1.29 is 71.8 Å². The zero-order valence-electron chi connectivity index (χ0n) is 61.1. The Morgan fingerprint density at radius 3 is 0.574 bits per heavy atom. The van der Waals surface area contributed by atoms with Gasteiger partial charge in [0.1, 0.15) is 0 Å². The van der Waals surface area contributed by atoms with Crippen LogP contribution in [0.5, 0.6) is 0 Å². The van der Waals surface area contributed by atoms with Crippen LogP contribution in [0.2, 0.25) is 0 Å². The van der Waals surface area contributed by atoms with Gasteiger partial charge in [-0.25, -0.2) is 52.8 Å². The van der Waals surface area contributed by atoms with Crippen molar-refractivity contribution in [3.05, 3.63) is 295 Å². The number of hydrogen-bond acceptors (Lipinski definition) is 16. The minimum absolute atomic E-state index is 0.0225. The number of sulfonamides is 4. The van der Waals surface area contributed by atoms with Gasteiger partial charge in [-0.2, -0.15) is 17.2 Å². The maximum atomic E-state index is 15.8. The molecule has 0 saturated heterocycles. The molecule has 0 aliphatic carbocycles. The quantitative estimate of drug-likeness (QED) is 0.0643. The number of esters is 4. The lowest BCUT2D eigenvalue weighted by atomic mass is 9.94. The van der Waals surface area contributed by atoms with E-state index in [1.165, 1.54) is 90.0 Å². The van der Waals surface area contributed by atoms with Crippen molar-refractivity contribution >= 4 is 64.0 Å². The van der Waals surface area contributed by atoms with Crippen LogP contribution >= 0.6 is 0 Å². The first-order chi connectivity index (χ1) is 51.5. The second-order valence-electron chi connectivity index (χ2n) is 27.0. The highest BCUT2D eigenvalue weighted by Crippen LogP contribution is 2.38. The van der Waals surface area contributed by atoms with Crippen LogP contribution in [0.1, 0.15) is 136 Å². The van der Waals surface area contributed by atoms with Gasteiger partial charge in [-0.1, -0.05) is 82.9 Å². The summed E-state index contributed by atoms with van der Waals surface area (Å²) in [6.07, 6.45) is 0. The molecule has 2 heterocycles. The molecule has 0 radical (unpaired) electrons. The van der Waals surface area contributed by atoms with E-state index < -0.39 is 116 Å². The van der Waals surface area contributed by atoms with Crippen LogP contribution in [0, 0.1) is 27.7 Å². The van der Waals surface area contributed by atoms with Gasteiger partial charge in [-0.15, -0.1) is 0 Å². The number of fused-ring (bicyclic) bond motifs is 14. The van der Waals surface area contributed by atoms with Crippen LogP contribution in [-0.2, 0) is 111 Å². The number of ether oxygens (including phenoxy) is 4. The number of nitrogens with zero attached hydrogens (tertiary/aromatic N) is 4. The van der Waals surface area contributed by atoms with E-state index in [4.69, 9.17) is 18.9 Å². The van der Waals surface area contributed by atoms with Crippen LogP contribution in [0.3, 0.4) is 0 Å². The first kappa shape index (κ1) is 77.3. The number of benzene rings is 10. The van der Waals surface area contributed by atoms with Crippen LogP contribution < -0.4 is 0 Å². The van der Waals surface area contributed by atoms with E-state index in [-0.39, 0.29) is 90.5 Å². The standard InChI is InChI=1S/C84H82N4O16S4/c1-9-101-81(89)73-39-63-35-69(43-73)70-36-64(40-74(44-70)82(90)102-10-2)52-86(106(95,96)78-23-15-56(6)16-24-78)48-61-30-62-34-68(33-61)67-31-59(47-85(51-63)105(93,94)77-21-13-55(5)14-22-77)29-60(32-67)49-87(107(97,98)79-25-17-57(7)18-26-79)53-65-37-71(45-75(41-65)83(91)103-11-3)72-38-66(42-76(46-72)84(92)104-12-4)54-88(50-62)108(99,100)80-27-19-58(8)20-28-80/h13-46H,9-12,47-54H2,1-8H3. The highest BCUT2D eigenvalue weighted by atomic mass is 32.2. The highest BCUT2D eigenvalue weighted by molar-refractivity contribution is 7.90. The van der Waals surface area contributed by atoms with Gasteiger partial charge < -0.3 is 18.9 Å². The normalized spacial score (nSPS) is 14.3. The number of carbonyl (C=O) groups is 4. The Kier molecular flexibility index (Phi) is 23.1. The molecule has 2 aliphatic rings. The van der Waals surface area contributed by atoms with E-state index in [2.05, 4.69) is 0 Å². The molecular weight excluding hydrogens is 1450 g/mol. The largest absolute Gasteiger partial charge is 0.462 e. The maximum Gasteiger partial charge on any atom is 0.338 e. The smallest absolute Gasteiger partial charge is 0.338 e. The summed E-state index contributed by atoms with van der Waals surface area (Å²) < 4.78 is 154. The summed E-state index contributed by atoms with van der Waals surface area (Å²) in [7, 11) is -18.3. The Balaban J connectivity index is 1.19. The van der Waals surface area contributed by atoms with Gasteiger partial charge in [0.05, 0.1) is 68.3 Å². The molecule has 0 N–H and O–H groups in total. The lowest BCUT2D eigenvalue weighted by Gasteiger charge is -2.27. The van der Waals surface area contributed by atoms with Gasteiger partial charge in [-0.3, -0.25) is 0 Å². The Morgan fingerprint density at radius 2 is 0.407 bits per heavy atom. The van der Waals surface area contributed by atoms with Gasteiger partial charge in [0.15, 0.2) is 0 Å². The Bertz CT molecular complexity index is 4930. The van der Waals surface area contributed by atoms with Crippen molar-refractivity contribution in [2.24, 2.45) is 0 Å². The van der Waals surface area contributed by atoms with Crippen LogP contribution in [-0.4, -0.2) is 101 Å². The predicted octanol–water partition coefficient (Wildman–Crippen LogP) is 14.8. The van der Waals surface area contributed by atoms with Gasteiger partial charge in [0.2, 0.25) is 40.1 Å². The summed E-state index contributed by atoms with van der Waals surface area (Å²) in [5.41, 5.74) is 7.58. The summed E-state index contributed by atoms with van der Waals surface area (Å²) in [6.45, 7) is 10.4. The fraction of sp³-hybridized carbons (Fsp3) is 0.238. The van der Waals surface area contributed by atoms with Crippen LogP contribution in [0.15, 0.2) is 226 Å². The molecule has 20 nitrogen and oxygen atoms in total. The molecule has 14 bridgehead atoms. The van der Waals surface area contributed by atoms with Gasteiger partial charge >= 0.3 is 23.9 Å². The molecule has 0 spiro atoms. The van der Waals surface area contributed by atoms with Gasteiger partial charge in [-0.05, 0) is 279 Å². The first-order valence-corrected chi connectivity index (χ1v) is 41.0. The number of aryl methyl sites for hydroxylation is 4. The minimum atomic E-state index is -4.58. The Hall–Kier alpha value is -10.3. The fourth-order valence-electron chi connectivity index (χ4n) is 13.3. The lowest BCUT2D eigenvalue weighted by molar-refractivity contribution is 0.0516. The van der Waals surface area contributed by atoms with E-state index in [0.29, 0.717) is 55.6 Å². The third-order valence-electron chi connectivity index (χ3n) is 18.6. The third-order valence-corrected chi connectivity index (χ3v) is 25.9. The zero-order valence-corrected chi connectivity index (χ0v) is 64.3. The summed E-state index contributed by atoms with van der Waals surface area (Å²) in [5, 5.41) is 0. The van der Waals surface area contributed by atoms with Crippen molar-refractivity contribution in [1.82, 2.24) is 17.2 Å². The van der Waals surface area contributed by atoms with Crippen molar-refractivity contribution in [3.63, 3.8) is 0 Å². The van der Waals surface area contributed by atoms with E-state index in [0.717, 1.165) is 22.3 Å². The maximum absolute atomic E-state index is 15.8. The monoisotopic (exact) mass is 1530 g/mol. The van der Waals surface area contributed by atoms with Crippen LogP contribution in [0.25, 0.3) is 33.4 Å². The molecule has 558 valence electrons. The molecule has 10 aromatic rings. The second-order valence-corrected chi connectivity index (χ2v) is 34.7. The van der Waals surface area contributed by atoms with Gasteiger partial charge in [0.25, 0.3) is 0 Å². The summed E-state index contributed by atoms with van der Waals surface area (Å²) in [5.74, 6) is -2.98. The molecule has 2 aliphatic heterocycles. The molecule has 0 amide bonds. The molecular formula is C84H82N4O16S4. The van der Waals surface area contributed by atoms with E-state index >= 15 is 33.7 Å². The molecule has 0 fully saturated rings. The zero-order chi connectivity index (χ0) is 77.0. The van der Waals surface area contributed by atoms with E-state index in [1.807, 2.05) is 27.7 Å². The molecule has 108 heavy (non-hydrogen) atoms. The molecule has 0 saturated carbocycles. The fourth-order valence-corrected chi connectivity index (χ4v) is 19.0. The highest BCUT2D eigenvalue weighted by Gasteiger charge is 2.33. The van der Waals surface area contributed by atoms with E-state index in [1.54, 1.807) is 161 Å². The van der Waals surface area contributed by atoms with Crippen molar-refractivity contribution in [2.45, 2.75) is 127 Å². The molecule has 10 aromatic carbocycles. The van der Waals surface area contributed by atoms with Crippen LogP contribution in [0.4, 0.5) is 0 Å². The third kappa shape index (κ3) is 17.5. The molecule has 0 unspecified atom stereocenters. The van der Waals surface area contributed by atoms with E-state index in [9.17, 15) is 19.2 Å². The SMILES string of the molecule is CCOC(=O)c1cc2cc(c1)-c1cc(cc(C(=O)OCC)c1)CN(S(=O)(=O)c1ccc(C)cc1)Cc1cc3cc(c1)-c1cc(cc(c1)CN(S(=O)(=O)c1ccc(C)cc1)Cc1cc(C(=O)OCC)cc(c1)-c1cc(cc(C(=O)OCC)c1)CN(S(=O)(=O)c1ccc(C)cc1)C3)CN(S(=O)(=O)c1ccc(C)cc1)C2. The number of rotatable bonds is 16. The van der Waals surface area contributed by atoms with Gasteiger partial charge in [0, 0.05) is 52.4 Å². The molecule has 0 atom stereocenters. The average molecular weight is 1530 g/mol. The average Bonchev–Trinajstić information content (AvgIpc) is 0.783. The summed E-state index contributed by atoms with van der Waals surface area (Å²) in [4.78, 5) is 56.4. The number of carbonyl (C=O) groups excluding carboxylic acids is 4. The Morgan fingerprint density at radius 1 is 0.250 bits per heavy atom. The van der Waals surface area contributed by atoms with Crippen molar-refractivity contribution in [2.75, 3.05) is 26.4 Å².